The third-order valence-corrected chi connectivity index (χ3v) is 6.54. The van der Waals surface area contributed by atoms with Crippen LogP contribution in [0.2, 0.25) is 0 Å². The van der Waals surface area contributed by atoms with Crippen molar-refractivity contribution in [1.82, 2.24) is 39.1 Å². The van der Waals surface area contributed by atoms with E-state index in [1.165, 1.54) is 0 Å². The Labute approximate surface area is 214 Å². The van der Waals surface area contributed by atoms with Crippen molar-refractivity contribution in [2.24, 2.45) is 0 Å². The van der Waals surface area contributed by atoms with Gasteiger partial charge in [0, 0.05) is 31.0 Å². The summed E-state index contributed by atoms with van der Waals surface area (Å²) in [4.78, 5) is 21.6. The Bertz CT molecular complexity index is 1560. The zero-order valence-electron chi connectivity index (χ0n) is 21.5. The minimum Gasteiger partial charge on any atom is -0.377 e. The van der Waals surface area contributed by atoms with E-state index >= 15 is 0 Å². The Morgan fingerprint density at radius 3 is 2.84 bits per heavy atom. The van der Waals surface area contributed by atoms with Gasteiger partial charge in [0.05, 0.1) is 43.2 Å². The molecule has 11 nitrogen and oxygen atoms in total. The van der Waals surface area contributed by atoms with Crippen LogP contribution in [0, 0.1) is 6.92 Å². The van der Waals surface area contributed by atoms with Crippen LogP contribution in [0.15, 0.2) is 42.9 Å². The van der Waals surface area contributed by atoms with Crippen LogP contribution in [0.25, 0.3) is 28.2 Å². The van der Waals surface area contributed by atoms with Crippen molar-refractivity contribution in [3.05, 3.63) is 54.4 Å². The molecule has 0 aromatic carbocycles. The molecular weight excluding hydrogens is 468 g/mol. The number of rotatable bonds is 6. The fourth-order valence-electron chi connectivity index (χ4n) is 4.74. The molecule has 1 saturated heterocycles. The molecule has 37 heavy (non-hydrogen) atoms. The maximum absolute atomic E-state index is 5.64. The van der Waals surface area contributed by atoms with Gasteiger partial charge in [0.2, 0.25) is 5.65 Å². The lowest BCUT2D eigenvalue weighted by Gasteiger charge is -2.34. The normalized spacial score (nSPS) is 16.2. The number of aromatic nitrogens is 8. The van der Waals surface area contributed by atoms with Crippen molar-refractivity contribution in [1.29, 1.82) is 0 Å². The molecule has 6 rings (SSSR count). The van der Waals surface area contributed by atoms with E-state index in [1.54, 1.807) is 0 Å². The third-order valence-electron chi connectivity index (χ3n) is 6.54. The molecule has 1 aliphatic heterocycles. The summed E-state index contributed by atoms with van der Waals surface area (Å²) in [7, 11) is 0. The van der Waals surface area contributed by atoms with Crippen LogP contribution in [-0.2, 0) is 11.3 Å². The highest BCUT2D eigenvalue weighted by molar-refractivity contribution is 5.82. The number of nitrogens with one attached hydrogen (secondary N) is 1. The van der Waals surface area contributed by atoms with Crippen LogP contribution >= 0.6 is 0 Å². The number of imidazole rings is 1. The van der Waals surface area contributed by atoms with Gasteiger partial charge >= 0.3 is 0 Å². The first-order chi connectivity index (χ1) is 18.0. The Morgan fingerprint density at radius 1 is 1.16 bits per heavy atom. The fraction of sp³-hybridized carbons (Fsp3) is 0.385. The Kier molecular flexibility index (Phi) is 5.91. The van der Waals surface area contributed by atoms with E-state index in [2.05, 4.69) is 56.8 Å². The molecule has 190 valence electrons. The van der Waals surface area contributed by atoms with Gasteiger partial charge in [-0.1, -0.05) is 6.07 Å². The number of nitrogens with zero attached hydrogens (tertiary/aromatic N) is 9. The van der Waals surface area contributed by atoms with Gasteiger partial charge in [-0.15, -0.1) is 10.2 Å². The van der Waals surface area contributed by atoms with Crippen molar-refractivity contribution in [2.45, 2.75) is 46.3 Å². The summed E-state index contributed by atoms with van der Waals surface area (Å²) < 4.78 is 9.76. The van der Waals surface area contributed by atoms with E-state index in [1.807, 2.05) is 48.1 Å². The van der Waals surface area contributed by atoms with Gasteiger partial charge in [-0.05, 0) is 39.8 Å². The second-order valence-corrected chi connectivity index (χ2v) is 9.71. The van der Waals surface area contributed by atoms with Crippen molar-refractivity contribution in [3.8, 4) is 11.5 Å². The van der Waals surface area contributed by atoms with E-state index in [9.17, 15) is 0 Å². The second-order valence-electron chi connectivity index (χ2n) is 9.71. The predicted molar refractivity (Wildman–Crippen MR) is 142 cm³/mol. The molecule has 0 spiro atoms. The molecule has 0 saturated carbocycles. The first kappa shape index (κ1) is 23.3. The van der Waals surface area contributed by atoms with Crippen LogP contribution in [0.1, 0.15) is 32.3 Å². The monoisotopic (exact) mass is 498 g/mol. The molecule has 1 aliphatic rings. The van der Waals surface area contributed by atoms with Gasteiger partial charge in [0.1, 0.15) is 22.9 Å². The number of pyridine rings is 2. The molecule has 0 radical (unpaired) electrons. The van der Waals surface area contributed by atoms with Gasteiger partial charge < -0.3 is 19.5 Å². The average Bonchev–Trinajstić information content (AvgIpc) is 3.45. The van der Waals surface area contributed by atoms with Gasteiger partial charge in [0.25, 0.3) is 0 Å². The lowest BCUT2D eigenvalue weighted by atomic mass is 10.2. The van der Waals surface area contributed by atoms with E-state index < -0.39 is 0 Å². The summed E-state index contributed by atoms with van der Waals surface area (Å²) in [5.41, 5.74) is 4.12. The predicted octanol–water partition coefficient (Wildman–Crippen LogP) is 3.33. The third kappa shape index (κ3) is 4.35. The first-order valence-corrected chi connectivity index (χ1v) is 12.6. The molecule has 0 amide bonds. The minimum atomic E-state index is 0.179. The summed E-state index contributed by atoms with van der Waals surface area (Å²) >= 11 is 0. The van der Waals surface area contributed by atoms with Crippen LogP contribution < -0.4 is 10.2 Å². The minimum absolute atomic E-state index is 0.179. The van der Waals surface area contributed by atoms with E-state index in [0.29, 0.717) is 36.9 Å². The van der Waals surface area contributed by atoms with Gasteiger partial charge in [-0.3, -0.25) is 9.38 Å². The summed E-state index contributed by atoms with van der Waals surface area (Å²) in [6.45, 7) is 11.0. The van der Waals surface area contributed by atoms with Crippen molar-refractivity contribution in [3.63, 3.8) is 0 Å². The average molecular weight is 499 g/mol. The molecule has 1 fully saturated rings. The Hall–Kier alpha value is -4.12. The van der Waals surface area contributed by atoms with Crippen LogP contribution in [0.5, 0.6) is 0 Å². The smallest absolute Gasteiger partial charge is 0.203 e. The lowest BCUT2D eigenvalue weighted by molar-refractivity contribution is 0.0985. The molecule has 1 N–H and O–H groups in total. The zero-order chi connectivity index (χ0) is 25.5. The number of aryl methyl sites for hydroxylation is 1. The van der Waals surface area contributed by atoms with Crippen molar-refractivity contribution in [2.75, 3.05) is 30.0 Å². The fourth-order valence-corrected chi connectivity index (χ4v) is 4.74. The molecule has 5 aromatic heterocycles. The summed E-state index contributed by atoms with van der Waals surface area (Å²) in [6, 6.07) is 8.49. The number of fused-ring (bicyclic) bond motifs is 2. The highest BCUT2D eigenvalue weighted by Gasteiger charge is 2.23. The number of hydrogen-bond acceptors (Lipinski definition) is 9. The SMILES string of the molecule is Cc1nnc2c(NC(C)C)nc(-c3nc4cnc(N5CCOC[C@@H]5C)cc4n3Cc3ccccn3)cn12. The molecule has 6 heterocycles. The number of hydrogen-bond donors (Lipinski definition) is 1. The van der Waals surface area contributed by atoms with Crippen LogP contribution in [0.3, 0.4) is 0 Å². The van der Waals surface area contributed by atoms with E-state index in [4.69, 9.17) is 19.7 Å². The summed E-state index contributed by atoms with van der Waals surface area (Å²) in [5, 5.41) is 12.0. The summed E-state index contributed by atoms with van der Waals surface area (Å²) in [6.07, 6.45) is 5.61. The number of ether oxygens (including phenoxy) is 1. The molecule has 0 bridgehead atoms. The maximum atomic E-state index is 5.64. The molecule has 1 atom stereocenters. The largest absolute Gasteiger partial charge is 0.377 e. The number of anilines is 2. The van der Waals surface area contributed by atoms with Crippen LogP contribution in [-0.4, -0.2) is 70.9 Å². The first-order valence-electron chi connectivity index (χ1n) is 12.6. The second kappa shape index (κ2) is 9.40. The Morgan fingerprint density at radius 2 is 2.05 bits per heavy atom. The van der Waals surface area contributed by atoms with Gasteiger partial charge in [-0.25, -0.2) is 15.0 Å². The van der Waals surface area contributed by atoms with Gasteiger partial charge in [0.15, 0.2) is 11.6 Å². The topological polar surface area (TPSA) is 111 Å². The summed E-state index contributed by atoms with van der Waals surface area (Å²) in [5.74, 6) is 3.10. The van der Waals surface area contributed by atoms with Crippen molar-refractivity contribution < 1.29 is 4.74 Å². The Balaban J connectivity index is 1.55. The molecule has 11 heteroatoms. The quantitative estimate of drug-likeness (QED) is 0.377. The van der Waals surface area contributed by atoms with E-state index in [0.717, 1.165) is 40.7 Å². The lowest BCUT2D eigenvalue weighted by Crippen LogP contribution is -2.44. The maximum Gasteiger partial charge on any atom is 0.203 e. The molecule has 5 aromatic rings. The van der Waals surface area contributed by atoms with Crippen LogP contribution in [0.4, 0.5) is 11.6 Å². The van der Waals surface area contributed by atoms with Gasteiger partial charge in [-0.2, -0.15) is 0 Å². The molecule has 0 unspecified atom stereocenters. The highest BCUT2D eigenvalue weighted by atomic mass is 16.5. The van der Waals surface area contributed by atoms with Crippen molar-refractivity contribution >= 4 is 28.3 Å². The molecule has 0 aliphatic carbocycles. The highest BCUT2D eigenvalue weighted by Crippen LogP contribution is 2.29. The van der Waals surface area contributed by atoms with E-state index in [-0.39, 0.29) is 12.1 Å². The number of morpholine rings is 1. The zero-order valence-corrected chi connectivity index (χ0v) is 21.5. The standard InChI is InChI=1S/C26H30N10O/c1-16(2)29-24-26-33-32-18(4)35(26)14-21(30-24)25-31-20-12-28-23(34-9-10-37-15-17(34)3)11-22(20)36(25)13-19-7-5-6-8-27-19/h5-8,11-12,14,16-17H,9-10,13,15H2,1-4H3,(H,29,30)/t17-/m0/s1. The molecular formula is C26H30N10O.